The van der Waals surface area contributed by atoms with E-state index in [9.17, 15) is 4.79 Å². The normalized spacial score (nSPS) is 12.8. The summed E-state index contributed by atoms with van der Waals surface area (Å²) < 4.78 is 5.88. The lowest BCUT2D eigenvalue weighted by Crippen LogP contribution is -2.13. The number of anilines is 1. The molecule has 0 bridgehead atoms. The lowest BCUT2D eigenvalue weighted by atomic mass is 10.1. The van der Waals surface area contributed by atoms with Crippen LogP contribution in [0.2, 0.25) is 0 Å². The molecule has 1 N–H and O–H groups in total. The number of thioether (sulfide) groups is 1. The number of unbranched alkanes of at least 4 members (excludes halogenated alkanes) is 11. The van der Waals surface area contributed by atoms with Gasteiger partial charge in [0, 0.05) is 24.0 Å². The monoisotopic (exact) mass is 508 g/mol. The van der Waals surface area contributed by atoms with Crippen LogP contribution in [0.1, 0.15) is 99.9 Å². The maximum absolute atomic E-state index is 12.6. The second-order valence-electron chi connectivity index (χ2n) is 9.74. The van der Waals surface area contributed by atoms with Gasteiger partial charge in [0.15, 0.2) is 0 Å². The molecule has 0 atom stereocenters. The lowest BCUT2D eigenvalue weighted by molar-refractivity contribution is 0.102. The third-order valence-corrected chi connectivity index (χ3v) is 7.38. The Morgan fingerprint density at radius 2 is 1.44 bits per heavy atom. The Morgan fingerprint density at radius 3 is 2.03 bits per heavy atom. The van der Waals surface area contributed by atoms with Crippen LogP contribution in [-0.4, -0.2) is 23.3 Å². The minimum Gasteiger partial charge on any atom is -0.494 e. The SMILES string of the molecule is CCCCCCCCCCCCCCOc1ccc(C(=O)Nc2ccc(CN3C=CSC3)cc2)cc1. The first-order valence-electron chi connectivity index (χ1n) is 13.9. The summed E-state index contributed by atoms with van der Waals surface area (Å²) in [5.74, 6) is 1.72. The van der Waals surface area contributed by atoms with E-state index in [2.05, 4.69) is 40.9 Å². The van der Waals surface area contributed by atoms with E-state index in [0.29, 0.717) is 5.56 Å². The van der Waals surface area contributed by atoms with E-state index in [0.717, 1.165) is 36.9 Å². The first-order valence-corrected chi connectivity index (χ1v) is 14.9. The molecule has 1 aliphatic rings. The summed E-state index contributed by atoms with van der Waals surface area (Å²) >= 11 is 1.80. The van der Waals surface area contributed by atoms with Gasteiger partial charge < -0.3 is 15.0 Å². The minimum absolute atomic E-state index is 0.103. The number of nitrogens with zero attached hydrogens (tertiary/aromatic N) is 1. The highest BCUT2D eigenvalue weighted by Crippen LogP contribution is 2.20. The van der Waals surface area contributed by atoms with Crippen LogP contribution in [0.15, 0.2) is 60.1 Å². The molecule has 2 aromatic carbocycles. The molecular weight excluding hydrogens is 464 g/mol. The molecule has 0 aromatic heterocycles. The van der Waals surface area contributed by atoms with Crippen molar-refractivity contribution < 1.29 is 9.53 Å². The van der Waals surface area contributed by atoms with Crippen molar-refractivity contribution in [1.82, 2.24) is 4.90 Å². The number of amides is 1. The van der Waals surface area contributed by atoms with Crippen molar-refractivity contribution in [3.8, 4) is 5.75 Å². The highest BCUT2D eigenvalue weighted by Gasteiger charge is 2.08. The van der Waals surface area contributed by atoms with Gasteiger partial charge in [-0.15, -0.1) is 11.8 Å². The fourth-order valence-corrected chi connectivity index (χ4v) is 5.09. The van der Waals surface area contributed by atoms with Crippen LogP contribution in [0.5, 0.6) is 5.75 Å². The Labute approximate surface area is 222 Å². The third kappa shape index (κ3) is 11.1. The fraction of sp³-hybridized carbons (Fsp3) is 0.516. The average molecular weight is 509 g/mol. The molecular formula is C31H44N2O2S. The molecule has 0 saturated carbocycles. The average Bonchev–Trinajstić information content (AvgIpc) is 3.41. The van der Waals surface area contributed by atoms with Gasteiger partial charge in [0.05, 0.1) is 12.5 Å². The molecule has 1 heterocycles. The molecule has 0 spiro atoms. The highest BCUT2D eigenvalue weighted by molar-refractivity contribution is 8.02. The zero-order chi connectivity index (χ0) is 25.3. The quantitative estimate of drug-likeness (QED) is 0.204. The minimum atomic E-state index is -0.103. The van der Waals surface area contributed by atoms with Crippen molar-refractivity contribution in [3.05, 3.63) is 71.3 Å². The Hall–Kier alpha value is -2.40. The number of carbonyl (C=O) groups is 1. The van der Waals surface area contributed by atoms with Gasteiger partial charge in [0.25, 0.3) is 5.91 Å². The number of hydrogen-bond donors (Lipinski definition) is 1. The molecule has 1 amide bonds. The van der Waals surface area contributed by atoms with Crippen molar-refractivity contribution in [3.63, 3.8) is 0 Å². The summed E-state index contributed by atoms with van der Waals surface area (Å²) in [5.41, 5.74) is 2.67. The summed E-state index contributed by atoms with van der Waals surface area (Å²) in [5, 5.41) is 5.10. The standard InChI is InChI=1S/C31H44N2O2S/c1-2-3-4-5-6-7-8-9-10-11-12-13-23-35-30-20-16-28(17-21-30)31(34)32-29-18-14-27(15-19-29)25-33-22-24-36-26-33/h14-22,24H,2-13,23,25-26H2,1H3,(H,32,34). The number of hydrogen-bond acceptors (Lipinski definition) is 4. The van der Waals surface area contributed by atoms with E-state index in [1.807, 2.05) is 36.4 Å². The van der Waals surface area contributed by atoms with E-state index in [1.165, 1.54) is 76.2 Å². The predicted octanol–water partition coefficient (Wildman–Crippen LogP) is 9.00. The largest absolute Gasteiger partial charge is 0.494 e. The molecule has 0 fully saturated rings. The topological polar surface area (TPSA) is 41.6 Å². The van der Waals surface area contributed by atoms with Crippen LogP contribution >= 0.6 is 11.8 Å². The van der Waals surface area contributed by atoms with Gasteiger partial charge in [0.2, 0.25) is 0 Å². The third-order valence-electron chi connectivity index (χ3n) is 6.59. The maximum Gasteiger partial charge on any atom is 0.255 e. The molecule has 36 heavy (non-hydrogen) atoms. The van der Waals surface area contributed by atoms with Gasteiger partial charge >= 0.3 is 0 Å². The molecule has 196 valence electrons. The number of ether oxygens (including phenoxy) is 1. The van der Waals surface area contributed by atoms with Crippen LogP contribution in [0.25, 0.3) is 0 Å². The van der Waals surface area contributed by atoms with E-state index in [4.69, 9.17) is 4.74 Å². The molecule has 0 unspecified atom stereocenters. The van der Waals surface area contributed by atoms with Crippen molar-refractivity contribution in [1.29, 1.82) is 0 Å². The van der Waals surface area contributed by atoms with Crippen LogP contribution in [-0.2, 0) is 6.54 Å². The second kappa shape index (κ2) is 17.1. The number of benzene rings is 2. The first-order chi connectivity index (χ1) is 17.7. The molecule has 5 heteroatoms. The first kappa shape index (κ1) is 28.2. The van der Waals surface area contributed by atoms with E-state index < -0.39 is 0 Å². The maximum atomic E-state index is 12.6. The Kier molecular flexibility index (Phi) is 13.4. The number of carbonyl (C=O) groups excluding carboxylic acids is 1. The summed E-state index contributed by atoms with van der Waals surface area (Å²) in [6.45, 7) is 3.90. The Bertz CT molecular complexity index is 896. The summed E-state index contributed by atoms with van der Waals surface area (Å²) in [7, 11) is 0. The van der Waals surface area contributed by atoms with Gasteiger partial charge in [0.1, 0.15) is 5.75 Å². The highest BCUT2D eigenvalue weighted by atomic mass is 32.2. The fourth-order valence-electron chi connectivity index (χ4n) is 4.38. The van der Waals surface area contributed by atoms with E-state index in [1.54, 1.807) is 11.8 Å². The van der Waals surface area contributed by atoms with Gasteiger partial charge in [-0.1, -0.05) is 89.7 Å². The van der Waals surface area contributed by atoms with Crippen LogP contribution in [0.4, 0.5) is 5.69 Å². The zero-order valence-electron chi connectivity index (χ0n) is 22.1. The van der Waals surface area contributed by atoms with E-state index in [-0.39, 0.29) is 5.91 Å². The van der Waals surface area contributed by atoms with E-state index >= 15 is 0 Å². The Balaban J connectivity index is 1.24. The van der Waals surface area contributed by atoms with Crippen molar-refractivity contribution in [2.24, 2.45) is 0 Å². The van der Waals surface area contributed by atoms with Gasteiger partial charge in [-0.05, 0) is 53.8 Å². The van der Waals surface area contributed by atoms with Crippen molar-refractivity contribution >= 4 is 23.4 Å². The second-order valence-corrected chi connectivity index (χ2v) is 10.6. The van der Waals surface area contributed by atoms with Crippen LogP contribution < -0.4 is 10.1 Å². The molecule has 1 aliphatic heterocycles. The van der Waals surface area contributed by atoms with Crippen LogP contribution in [0, 0.1) is 0 Å². The summed E-state index contributed by atoms with van der Waals surface area (Å²) in [4.78, 5) is 14.9. The molecule has 0 saturated heterocycles. The molecule has 0 radical (unpaired) electrons. The molecule has 0 aliphatic carbocycles. The predicted molar refractivity (Wildman–Crippen MR) is 155 cm³/mol. The zero-order valence-corrected chi connectivity index (χ0v) is 22.9. The summed E-state index contributed by atoms with van der Waals surface area (Å²) in [6, 6.07) is 15.5. The lowest BCUT2D eigenvalue weighted by Gasteiger charge is -2.14. The molecule has 4 nitrogen and oxygen atoms in total. The molecule has 3 rings (SSSR count). The summed E-state index contributed by atoms with van der Waals surface area (Å²) in [6.07, 6.45) is 18.2. The number of nitrogens with one attached hydrogen (secondary N) is 1. The molecule has 2 aromatic rings. The van der Waals surface area contributed by atoms with Crippen LogP contribution in [0.3, 0.4) is 0 Å². The van der Waals surface area contributed by atoms with Gasteiger partial charge in [-0.25, -0.2) is 0 Å². The number of rotatable bonds is 18. The van der Waals surface area contributed by atoms with Gasteiger partial charge in [-0.3, -0.25) is 4.79 Å². The Morgan fingerprint density at radius 1 is 0.833 bits per heavy atom. The van der Waals surface area contributed by atoms with Crippen molar-refractivity contribution in [2.45, 2.75) is 90.5 Å². The smallest absolute Gasteiger partial charge is 0.255 e. The van der Waals surface area contributed by atoms with Crippen molar-refractivity contribution in [2.75, 3.05) is 17.8 Å². The van der Waals surface area contributed by atoms with Gasteiger partial charge in [-0.2, -0.15) is 0 Å².